The first kappa shape index (κ1) is 17.1. The van der Waals surface area contributed by atoms with E-state index in [9.17, 15) is 4.79 Å². The molecule has 0 spiro atoms. The molecular weight excluding hydrogens is 338 g/mol. The summed E-state index contributed by atoms with van der Waals surface area (Å²) >= 11 is 0. The van der Waals surface area contributed by atoms with Gasteiger partial charge in [-0.25, -0.2) is 0 Å². The fourth-order valence-corrected chi connectivity index (χ4v) is 3.30. The van der Waals surface area contributed by atoms with E-state index in [1.165, 1.54) is 0 Å². The van der Waals surface area contributed by atoms with Gasteiger partial charge in [-0.05, 0) is 61.4 Å². The van der Waals surface area contributed by atoms with Crippen LogP contribution in [0.5, 0.6) is 11.5 Å². The molecule has 1 atom stereocenters. The Balaban J connectivity index is 1.47. The van der Waals surface area contributed by atoms with E-state index in [1.807, 2.05) is 50.2 Å². The highest BCUT2D eigenvalue weighted by Crippen LogP contribution is 2.33. The minimum Gasteiger partial charge on any atom is -0.457 e. The van der Waals surface area contributed by atoms with Crippen molar-refractivity contribution in [1.82, 2.24) is 4.98 Å². The molecule has 2 N–H and O–H groups in total. The Hall–Kier alpha value is -3.34. The monoisotopic (exact) mass is 359 g/mol. The predicted molar refractivity (Wildman–Crippen MR) is 106 cm³/mol. The number of aromatic nitrogens is 1. The molecule has 5 heteroatoms. The molecule has 0 aliphatic carbocycles. The number of fused-ring (bicyclic) bond motifs is 1. The maximum Gasteiger partial charge on any atom is 0.250 e. The summed E-state index contributed by atoms with van der Waals surface area (Å²) in [4.78, 5) is 16.9. The lowest BCUT2D eigenvalue weighted by Crippen LogP contribution is -2.45. The molecule has 1 amide bonds. The second kappa shape index (κ2) is 6.76. The average molecular weight is 359 g/mol. The summed E-state index contributed by atoms with van der Waals surface area (Å²) < 4.78 is 5.87. The van der Waals surface area contributed by atoms with Crippen molar-refractivity contribution in [2.45, 2.75) is 25.8 Å². The molecule has 0 radical (unpaired) electrons. The van der Waals surface area contributed by atoms with Crippen molar-refractivity contribution in [3.8, 4) is 11.5 Å². The van der Waals surface area contributed by atoms with Crippen LogP contribution in [0.3, 0.4) is 0 Å². The molecule has 2 heterocycles. The zero-order valence-electron chi connectivity index (χ0n) is 15.3. The number of ether oxygens (including phenoxy) is 1. The Morgan fingerprint density at radius 3 is 2.67 bits per heavy atom. The highest BCUT2D eigenvalue weighted by atomic mass is 16.5. The summed E-state index contributed by atoms with van der Waals surface area (Å²) in [6.07, 6.45) is 4.04. The van der Waals surface area contributed by atoms with Gasteiger partial charge < -0.3 is 15.4 Å². The van der Waals surface area contributed by atoms with Gasteiger partial charge >= 0.3 is 0 Å². The van der Waals surface area contributed by atoms with Crippen LogP contribution in [0.2, 0.25) is 0 Å². The molecule has 27 heavy (non-hydrogen) atoms. The highest BCUT2D eigenvalue weighted by Gasteiger charge is 2.39. The third-order valence-corrected chi connectivity index (χ3v) is 4.78. The molecule has 0 saturated carbocycles. The minimum atomic E-state index is -0.663. The number of nitrogens with one attached hydrogen (secondary N) is 2. The first-order valence-electron chi connectivity index (χ1n) is 8.90. The summed E-state index contributed by atoms with van der Waals surface area (Å²) in [7, 11) is 0. The second-order valence-electron chi connectivity index (χ2n) is 7.01. The first-order valence-corrected chi connectivity index (χ1v) is 8.90. The van der Waals surface area contributed by atoms with E-state index in [1.54, 1.807) is 24.5 Å². The maximum atomic E-state index is 12.9. The van der Waals surface area contributed by atoms with Crippen LogP contribution in [0.15, 0.2) is 67.0 Å². The van der Waals surface area contributed by atoms with E-state index >= 15 is 0 Å². The fourth-order valence-electron chi connectivity index (χ4n) is 3.30. The van der Waals surface area contributed by atoms with Gasteiger partial charge in [-0.15, -0.1) is 0 Å². The zero-order valence-corrected chi connectivity index (χ0v) is 15.3. The van der Waals surface area contributed by atoms with Gasteiger partial charge in [0.05, 0.1) is 0 Å². The van der Waals surface area contributed by atoms with Crippen molar-refractivity contribution < 1.29 is 9.53 Å². The molecule has 0 saturated heterocycles. The van der Waals surface area contributed by atoms with Crippen LogP contribution in [0.25, 0.3) is 0 Å². The number of nitrogens with zero attached hydrogens (tertiary/aromatic N) is 1. The average Bonchev–Trinajstić information content (AvgIpc) is 3.02. The number of para-hydroxylation sites is 1. The molecule has 0 bridgehead atoms. The van der Waals surface area contributed by atoms with E-state index in [-0.39, 0.29) is 5.91 Å². The second-order valence-corrected chi connectivity index (χ2v) is 7.01. The number of carbonyl (C=O) groups is 1. The van der Waals surface area contributed by atoms with Crippen LogP contribution in [0.1, 0.15) is 18.1 Å². The summed E-state index contributed by atoms with van der Waals surface area (Å²) in [6.45, 7) is 3.88. The van der Waals surface area contributed by atoms with Crippen LogP contribution in [0.4, 0.5) is 11.4 Å². The van der Waals surface area contributed by atoms with Gasteiger partial charge in [0.2, 0.25) is 5.91 Å². The van der Waals surface area contributed by atoms with Crippen molar-refractivity contribution in [2.75, 3.05) is 10.6 Å². The van der Waals surface area contributed by atoms with Crippen LogP contribution < -0.4 is 15.4 Å². The molecule has 1 aromatic heterocycles. The molecule has 5 nitrogen and oxygen atoms in total. The number of rotatable bonds is 4. The van der Waals surface area contributed by atoms with Crippen molar-refractivity contribution in [3.05, 3.63) is 78.1 Å². The molecule has 4 rings (SSSR count). The van der Waals surface area contributed by atoms with Gasteiger partial charge in [-0.1, -0.05) is 18.2 Å². The summed E-state index contributed by atoms with van der Waals surface area (Å²) in [6, 6.07) is 17.3. The predicted octanol–water partition coefficient (Wildman–Crippen LogP) is 4.55. The molecule has 3 aromatic rings. The third kappa shape index (κ3) is 3.49. The summed E-state index contributed by atoms with van der Waals surface area (Å²) in [5, 5.41) is 6.37. The highest BCUT2D eigenvalue weighted by molar-refractivity contribution is 6.01. The Morgan fingerprint density at radius 1 is 1.15 bits per heavy atom. The van der Waals surface area contributed by atoms with Crippen LogP contribution in [-0.2, 0) is 11.2 Å². The van der Waals surface area contributed by atoms with Gasteiger partial charge in [-0.3, -0.25) is 9.78 Å². The number of hydrogen-bond donors (Lipinski definition) is 2. The van der Waals surface area contributed by atoms with E-state index in [0.29, 0.717) is 6.42 Å². The van der Waals surface area contributed by atoms with Crippen LogP contribution in [-0.4, -0.2) is 16.4 Å². The van der Waals surface area contributed by atoms with Gasteiger partial charge in [0.1, 0.15) is 17.0 Å². The van der Waals surface area contributed by atoms with Crippen molar-refractivity contribution >= 4 is 17.3 Å². The Kier molecular flexibility index (Phi) is 4.28. The zero-order chi connectivity index (χ0) is 18.9. The molecular formula is C22H21N3O2. The molecule has 1 unspecified atom stereocenters. The van der Waals surface area contributed by atoms with Gasteiger partial charge in [-0.2, -0.15) is 0 Å². The van der Waals surface area contributed by atoms with Crippen molar-refractivity contribution in [1.29, 1.82) is 0 Å². The minimum absolute atomic E-state index is 0.0547. The maximum absolute atomic E-state index is 12.9. The van der Waals surface area contributed by atoms with E-state index in [0.717, 1.165) is 34.0 Å². The Morgan fingerprint density at radius 2 is 1.93 bits per heavy atom. The fraction of sp³-hybridized carbons (Fsp3) is 0.182. The SMILES string of the molecule is Cc1cc(NC(=O)C2(C)Cc3ccccc3N2)ccc1Oc1ccncc1. The van der Waals surface area contributed by atoms with Crippen LogP contribution in [0, 0.1) is 6.92 Å². The smallest absolute Gasteiger partial charge is 0.250 e. The van der Waals surface area contributed by atoms with Crippen molar-refractivity contribution in [3.63, 3.8) is 0 Å². The molecule has 1 aliphatic heterocycles. The number of amides is 1. The lowest BCUT2D eigenvalue weighted by atomic mass is 9.96. The number of hydrogen-bond acceptors (Lipinski definition) is 4. The number of carbonyl (C=O) groups excluding carboxylic acids is 1. The molecule has 2 aromatic carbocycles. The van der Waals surface area contributed by atoms with Gasteiger partial charge in [0.15, 0.2) is 0 Å². The third-order valence-electron chi connectivity index (χ3n) is 4.78. The number of anilines is 2. The van der Waals surface area contributed by atoms with Crippen LogP contribution >= 0.6 is 0 Å². The summed E-state index contributed by atoms with van der Waals surface area (Å²) in [5.74, 6) is 1.42. The van der Waals surface area contributed by atoms with Gasteiger partial charge in [0, 0.05) is 30.2 Å². The van der Waals surface area contributed by atoms with Gasteiger partial charge in [0.25, 0.3) is 0 Å². The Bertz CT molecular complexity index is 961. The molecule has 1 aliphatic rings. The topological polar surface area (TPSA) is 63.2 Å². The van der Waals surface area contributed by atoms with E-state index in [2.05, 4.69) is 21.7 Å². The largest absolute Gasteiger partial charge is 0.457 e. The standard InChI is InChI=1S/C22H21N3O2/c1-15-13-17(7-8-20(15)27-18-9-11-23-12-10-18)24-21(26)22(2)14-16-5-3-4-6-19(16)25-22/h3-13,25H,14H2,1-2H3,(H,24,26). The number of aryl methyl sites for hydroxylation is 1. The number of pyridine rings is 1. The van der Waals surface area contributed by atoms with E-state index in [4.69, 9.17) is 4.74 Å². The lowest BCUT2D eigenvalue weighted by Gasteiger charge is -2.24. The molecule has 136 valence electrons. The van der Waals surface area contributed by atoms with Crippen molar-refractivity contribution in [2.24, 2.45) is 0 Å². The lowest BCUT2D eigenvalue weighted by molar-refractivity contribution is -0.119. The summed E-state index contributed by atoms with van der Waals surface area (Å²) in [5.41, 5.74) is 3.21. The Labute approximate surface area is 158 Å². The first-order chi connectivity index (χ1) is 13.0. The quantitative estimate of drug-likeness (QED) is 0.717. The molecule has 0 fully saturated rings. The van der Waals surface area contributed by atoms with E-state index < -0.39 is 5.54 Å². The number of benzene rings is 2. The normalized spacial score (nSPS) is 17.7.